The van der Waals surface area contributed by atoms with Gasteiger partial charge in [0.05, 0.1) is 19.6 Å². The van der Waals surface area contributed by atoms with Crippen LogP contribution in [0.1, 0.15) is 52.0 Å². The van der Waals surface area contributed by atoms with Crippen LogP contribution in [0.4, 0.5) is 0 Å². The predicted octanol–water partition coefficient (Wildman–Crippen LogP) is 3.33. The first-order chi connectivity index (χ1) is 13.8. The minimum Gasteiger partial charge on any atom is -0.469 e. The molecular weight excluding hydrogens is 370 g/mol. The maximum absolute atomic E-state index is 13.1. The molecule has 0 amide bonds. The number of carbonyl (C=O) groups excluding carboxylic acids is 2. The number of hydrogen-bond acceptors (Lipinski definition) is 6. The maximum Gasteiger partial charge on any atom is 0.327 e. The third-order valence-electron chi connectivity index (χ3n) is 5.91. The van der Waals surface area contributed by atoms with Gasteiger partial charge in [0.15, 0.2) is 0 Å². The Morgan fingerprint density at radius 3 is 2.59 bits per heavy atom. The zero-order valence-electron chi connectivity index (χ0n) is 18.0. The number of methoxy groups -OCH3 is 1. The molecule has 29 heavy (non-hydrogen) atoms. The molecule has 6 heteroatoms. The van der Waals surface area contributed by atoms with Gasteiger partial charge in [-0.2, -0.15) is 0 Å². The van der Waals surface area contributed by atoms with Crippen LogP contribution in [-0.2, 0) is 30.4 Å². The van der Waals surface area contributed by atoms with Gasteiger partial charge in [-0.15, -0.1) is 0 Å². The summed E-state index contributed by atoms with van der Waals surface area (Å²) in [5.41, 5.74) is -0.166. The van der Waals surface area contributed by atoms with Gasteiger partial charge in [0.2, 0.25) is 0 Å². The van der Waals surface area contributed by atoms with Gasteiger partial charge in [-0.25, -0.2) is 0 Å². The van der Waals surface area contributed by atoms with E-state index >= 15 is 0 Å². The molecule has 0 bridgehead atoms. The molecule has 1 aromatic carbocycles. The number of ether oxygens (including phenoxy) is 3. The number of carbonyl (C=O) groups is 2. The molecule has 2 aliphatic rings. The van der Waals surface area contributed by atoms with Crippen molar-refractivity contribution in [2.75, 3.05) is 20.3 Å². The summed E-state index contributed by atoms with van der Waals surface area (Å²) >= 11 is 0. The summed E-state index contributed by atoms with van der Waals surface area (Å²) in [7, 11) is 1.41. The Kier molecular flexibility index (Phi) is 6.64. The van der Waals surface area contributed by atoms with Gasteiger partial charge >= 0.3 is 11.9 Å². The molecule has 160 valence electrons. The van der Waals surface area contributed by atoms with Crippen molar-refractivity contribution in [3.8, 4) is 0 Å². The highest BCUT2D eigenvalue weighted by molar-refractivity contribution is 5.85. The number of nitrogens with zero attached hydrogens (tertiary/aromatic N) is 1. The second kappa shape index (κ2) is 8.84. The van der Waals surface area contributed by atoms with Crippen LogP contribution in [0.15, 0.2) is 30.3 Å². The van der Waals surface area contributed by atoms with Crippen molar-refractivity contribution in [2.45, 2.75) is 70.2 Å². The maximum atomic E-state index is 13.1. The molecule has 0 aromatic heterocycles. The Bertz CT molecular complexity index is 714. The van der Waals surface area contributed by atoms with E-state index in [1.165, 1.54) is 7.11 Å². The Balaban J connectivity index is 1.70. The quantitative estimate of drug-likeness (QED) is 0.514. The van der Waals surface area contributed by atoms with Crippen molar-refractivity contribution in [2.24, 2.45) is 5.92 Å². The zero-order chi connectivity index (χ0) is 21.1. The first-order valence-electron chi connectivity index (χ1n) is 10.5. The summed E-state index contributed by atoms with van der Waals surface area (Å²) in [5.74, 6) is -0.812. The first kappa shape index (κ1) is 21.8. The molecule has 1 aromatic rings. The van der Waals surface area contributed by atoms with Crippen molar-refractivity contribution in [3.63, 3.8) is 0 Å². The van der Waals surface area contributed by atoms with Crippen molar-refractivity contribution in [1.82, 2.24) is 4.90 Å². The molecular formula is C23H33NO5. The molecule has 0 N–H and O–H groups in total. The van der Waals surface area contributed by atoms with Crippen molar-refractivity contribution < 1.29 is 23.8 Å². The monoisotopic (exact) mass is 403 g/mol. The van der Waals surface area contributed by atoms with Crippen LogP contribution in [0.5, 0.6) is 0 Å². The highest BCUT2D eigenvalue weighted by atomic mass is 16.6. The van der Waals surface area contributed by atoms with Crippen LogP contribution in [0, 0.1) is 5.92 Å². The Hall–Kier alpha value is -1.92. The molecule has 6 nitrogen and oxygen atoms in total. The average molecular weight is 404 g/mol. The topological polar surface area (TPSA) is 65.1 Å². The molecule has 2 saturated heterocycles. The van der Waals surface area contributed by atoms with Gasteiger partial charge in [0.1, 0.15) is 11.1 Å². The van der Waals surface area contributed by atoms with Gasteiger partial charge in [-0.05, 0) is 58.6 Å². The lowest BCUT2D eigenvalue weighted by Crippen LogP contribution is -2.51. The lowest BCUT2D eigenvalue weighted by Gasteiger charge is -2.35. The molecule has 2 heterocycles. The SMILES string of the molecule is COC(=O)[C@H]1C[C@]2(C(=O)OC(C)(C)C)CCCN2[C@H]1CCOCc1ccccc1. The van der Waals surface area contributed by atoms with E-state index in [1.807, 2.05) is 51.1 Å². The number of fused-ring (bicyclic) bond motifs is 1. The summed E-state index contributed by atoms with van der Waals surface area (Å²) in [6, 6.07) is 9.94. The van der Waals surface area contributed by atoms with Gasteiger partial charge in [0, 0.05) is 12.6 Å². The fourth-order valence-corrected chi connectivity index (χ4v) is 4.71. The highest BCUT2D eigenvalue weighted by Crippen LogP contribution is 2.48. The first-order valence-corrected chi connectivity index (χ1v) is 10.5. The van der Waals surface area contributed by atoms with E-state index in [4.69, 9.17) is 14.2 Å². The van der Waals surface area contributed by atoms with Gasteiger partial charge in [-0.1, -0.05) is 30.3 Å². The molecule has 0 saturated carbocycles. The summed E-state index contributed by atoms with van der Waals surface area (Å²) in [5, 5.41) is 0. The van der Waals surface area contributed by atoms with Gasteiger partial charge < -0.3 is 14.2 Å². The minimum absolute atomic E-state index is 0.0757. The smallest absolute Gasteiger partial charge is 0.327 e. The van der Waals surface area contributed by atoms with Gasteiger partial charge in [0.25, 0.3) is 0 Å². The van der Waals surface area contributed by atoms with E-state index in [0.717, 1.165) is 24.9 Å². The zero-order valence-corrected chi connectivity index (χ0v) is 18.0. The second-order valence-corrected chi connectivity index (χ2v) is 9.06. The van der Waals surface area contributed by atoms with Crippen LogP contribution < -0.4 is 0 Å². The van der Waals surface area contributed by atoms with E-state index in [1.54, 1.807) is 0 Å². The summed E-state index contributed by atoms with van der Waals surface area (Å²) in [4.78, 5) is 27.8. The molecule has 0 aliphatic carbocycles. The summed E-state index contributed by atoms with van der Waals surface area (Å²) in [6.07, 6.45) is 2.78. The molecule has 0 unspecified atom stereocenters. The Morgan fingerprint density at radius 2 is 1.93 bits per heavy atom. The Morgan fingerprint density at radius 1 is 1.21 bits per heavy atom. The van der Waals surface area contributed by atoms with E-state index < -0.39 is 11.1 Å². The molecule has 3 atom stereocenters. The lowest BCUT2D eigenvalue weighted by atomic mass is 9.88. The van der Waals surface area contributed by atoms with E-state index in [9.17, 15) is 9.59 Å². The fraction of sp³-hybridized carbons (Fsp3) is 0.652. The second-order valence-electron chi connectivity index (χ2n) is 9.06. The van der Waals surface area contributed by atoms with E-state index in [2.05, 4.69) is 4.90 Å². The standard InChI is InChI=1S/C23H33NO5/c1-22(2,3)29-21(26)23-12-8-13-24(23)19(18(15-23)20(25)27-4)11-14-28-16-17-9-6-5-7-10-17/h5-7,9-10,18-19H,8,11-16H2,1-4H3/t18-,19-,23-/m0/s1. The van der Waals surface area contributed by atoms with Crippen molar-refractivity contribution in [1.29, 1.82) is 0 Å². The third-order valence-corrected chi connectivity index (χ3v) is 5.91. The van der Waals surface area contributed by atoms with E-state index in [0.29, 0.717) is 26.1 Å². The van der Waals surface area contributed by atoms with Crippen LogP contribution in [0.2, 0.25) is 0 Å². The minimum atomic E-state index is -0.726. The van der Waals surface area contributed by atoms with Crippen LogP contribution in [0.3, 0.4) is 0 Å². The Labute approximate surface area is 173 Å². The number of benzene rings is 1. The average Bonchev–Trinajstić information content (AvgIpc) is 3.22. The van der Waals surface area contributed by atoms with Gasteiger partial charge in [-0.3, -0.25) is 14.5 Å². The largest absolute Gasteiger partial charge is 0.469 e. The van der Waals surface area contributed by atoms with Crippen molar-refractivity contribution in [3.05, 3.63) is 35.9 Å². The molecule has 0 radical (unpaired) electrons. The molecule has 0 spiro atoms. The third kappa shape index (κ3) is 4.81. The lowest BCUT2D eigenvalue weighted by molar-refractivity contribution is -0.167. The fourth-order valence-electron chi connectivity index (χ4n) is 4.71. The van der Waals surface area contributed by atoms with Crippen LogP contribution >= 0.6 is 0 Å². The summed E-state index contributed by atoms with van der Waals surface area (Å²) in [6.45, 7) is 7.48. The van der Waals surface area contributed by atoms with Crippen LogP contribution in [0.25, 0.3) is 0 Å². The number of hydrogen-bond donors (Lipinski definition) is 0. The molecule has 2 fully saturated rings. The highest BCUT2D eigenvalue weighted by Gasteiger charge is 2.61. The van der Waals surface area contributed by atoms with E-state index in [-0.39, 0.29) is 23.9 Å². The number of esters is 2. The van der Waals surface area contributed by atoms with Crippen molar-refractivity contribution >= 4 is 11.9 Å². The molecule has 3 rings (SSSR count). The number of rotatable bonds is 7. The predicted molar refractivity (Wildman–Crippen MR) is 109 cm³/mol. The van der Waals surface area contributed by atoms with Crippen LogP contribution in [-0.4, -0.2) is 54.3 Å². The molecule has 2 aliphatic heterocycles. The normalized spacial score (nSPS) is 26.9. The summed E-state index contributed by atoms with van der Waals surface area (Å²) < 4.78 is 16.7.